The van der Waals surface area contributed by atoms with Gasteiger partial charge in [-0.1, -0.05) is 7.96 Å². The van der Waals surface area contributed by atoms with Crippen LogP contribution in [0.25, 0.3) is 0 Å². The van der Waals surface area contributed by atoms with Crippen molar-refractivity contribution in [1.82, 2.24) is 0 Å². The Balaban J connectivity index is 8.75. The molecule has 0 aromatic heterocycles. The molecule has 0 aliphatic heterocycles. The largest absolute Gasteiger partial charge is 0.109 e. The second-order valence-electron chi connectivity index (χ2n) is 6.19. The summed E-state index contributed by atoms with van der Waals surface area (Å²) in [5, 5.41) is 0. The summed E-state index contributed by atoms with van der Waals surface area (Å²) >= 11 is 0. The summed E-state index contributed by atoms with van der Waals surface area (Å²) in [5.74, 6) is 0. The van der Waals surface area contributed by atoms with Crippen molar-refractivity contribution in [3.63, 3.8) is 0 Å². The lowest BCUT2D eigenvalue weighted by molar-refractivity contribution is 1.87. The van der Waals surface area contributed by atoms with Crippen LogP contribution in [0, 0.1) is 0 Å². The Morgan fingerprint density at radius 3 is 0.711 bits per heavy atom. The van der Waals surface area contributed by atoms with Crippen molar-refractivity contribution in [2.75, 3.05) is 0 Å². The lowest BCUT2D eigenvalue weighted by Gasteiger charge is -2.64. The SMILES string of the molecule is PPP(P)P(P(P)P)C(P(P(P)P)P(P)P)(P(P(P)P)P(P)P)P(P(P(P)P)P(P)P)P(P(P)P)P(P)P. The second-order valence-corrected chi connectivity index (χ2v) is 142. The van der Waals surface area contributed by atoms with E-state index in [1.54, 1.807) is 0 Å². The van der Waals surface area contributed by atoms with Crippen molar-refractivity contribution < 1.29 is 0 Å². The Labute approximate surface area is 300 Å². The minimum atomic E-state index is -0.217. The fraction of sp³-hybridized carbons (Fsp3) is 1.00. The fourth-order valence-electron chi connectivity index (χ4n) is 2.74. The quantitative estimate of drug-likeness (QED) is 0.127. The summed E-state index contributed by atoms with van der Waals surface area (Å²) in [5.41, 5.74) is 0. The molecule has 0 rings (SSSR count). The molecule has 0 spiro atoms. The van der Waals surface area contributed by atoms with Crippen LogP contribution in [0.1, 0.15) is 0 Å². The normalized spacial score (nSPS) is 16.3. The molecule has 23 atom stereocenters. The van der Waals surface area contributed by atoms with Crippen LogP contribution in [-0.2, 0) is 0 Å². The van der Waals surface area contributed by atoms with Gasteiger partial charge in [0.2, 0.25) is 0 Å². The third-order valence-corrected chi connectivity index (χ3v) is 193. The van der Waals surface area contributed by atoms with Crippen molar-refractivity contribution >= 4 is 300 Å². The smallest absolute Gasteiger partial charge is 0.0855 e. The molecule has 0 aliphatic rings. The van der Waals surface area contributed by atoms with Gasteiger partial charge in [-0.25, -0.2) is 0 Å². The van der Waals surface area contributed by atoms with Crippen LogP contribution in [0.15, 0.2) is 0 Å². The Hall–Kier alpha value is 15.9. The van der Waals surface area contributed by atoms with Crippen molar-refractivity contribution in [2.24, 2.45) is 0 Å². The van der Waals surface area contributed by atoms with E-state index in [0.717, 1.165) is 7.96 Å². The topological polar surface area (TPSA) is 0 Å². The fourth-order valence-corrected chi connectivity index (χ4v) is 363. The monoisotopic (exact) mass is 1200 g/mol. The molecule has 0 amide bonds. The van der Waals surface area contributed by atoms with Crippen molar-refractivity contribution in [3.05, 3.63) is 0 Å². The molecular formula is CH41P37. The summed E-state index contributed by atoms with van der Waals surface area (Å²) in [6.07, 6.45) is 0. The van der Waals surface area contributed by atoms with Crippen LogP contribution in [0.2, 0.25) is 0 Å². The molecule has 38 heavy (non-hydrogen) atoms. The minimum absolute atomic E-state index is 0.122. The van der Waals surface area contributed by atoms with Crippen LogP contribution >= 0.6 is 300 Å². The van der Waals surface area contributed by atoms with Gasteiger partial charge in [0.05, 0.1) is 4.38 Å². The zero-order chi connectivity index (χ0) is 30.4. The van der Waals surface area contributed by atoms with E-state index < -0.39 is 0 Å². The molecule has 0 aromatic rings. The Kier molecular flexibility index (Phi) is 40.2. The second kappa shape index (κ2) is 28.4. The average molecular weight is 1200 g/mol. The lowest BCUT2D eigenvalue weighted by atomic mass is 11.8. The summed E-state index contributed by atoms with van der Waals surface area (Å²) < 4.78 is 0.483. The summed E-state index contributed by atoms with van der Waals surface area (Å²) in [7, 11) is 68.2. The van der Waals surface area contributed by atoms with Crippen molar-refractivity contribution in [2.45, 2.75) is 4.38 Å². The van der Waals surface area contributed by atoms with E-state index in [0.29, 0.717) is 4.38 Å². The molecule has 37 heteroatoms. The van der Waals surface area contributed by atoms with Gasteiger partial charge in [0.15, 0.2) is 0 Å². The van der Waals surface area contributed by atoms with E-state index in [9.17, 15) is 0 Å². The van der Waals surface area contributed by atoms with Crippen molar-refractivity contribution in [1.29, 1.82) is 0 Å². The van der Waals surface area contributed by atoms with Gasteiger partial charge in [0.1, 0.15) is 0 Å². The first-order chi connectivity index (χ1) is 17.2. The lowest BCUT2D eigenvalue weighted by Crippen LogP contribution is -2.12. The van der Waals surface area contributed by atoms with Crippen LogP contribution in [0.5, 0.6) is 0 Å². The summed E-state index contributed by atoms with van der Waals surface area (Å²) in [6, 6.07) is 0. The first kappa shape index (κ1) is 53.9. The molecule has 0 N–H and O–H groups in total. The highest BCUT2D eigenvalue weighted by molar-refractivity contribution is 9.27. The van der Waals surface area contributed by atoms with Crippen LogP contribution in [0.4, 0.5) is 0 Å². The summed E-state index contributed by atoms with van der Waals surface area (Å²) in [6.45, 7) is -2.14. The third kappa shape index (κ3) is 16.6. The number of hydrogen-bond acceptors (Lipinski definition) is 0. The van der Waals surface area contributed by atoms with Crippen LogP contribution in [-0.4, -0.2) is 4.38 Å². The highest BCUT2D eigenvalue weighted by Crippen LogP contribution is 3.35. The first-order valence-corrected chi connectivity index (χ1v) is 73.0. The van der Waals surface area contributed by atoms with Gasteiger partial charge >= 0.3 is 0 Å². The Bertz CT molecular complexity index is 551. The third-order valence-electron chi connectivity index (χ3n) is 3.67. The molecular weight excluding hydrogens is 1160 g/mol. The number of rotatable bonds is 17. The minimum Gasteiger partial charge on any atom is -0.109 e. The van der Waals surface area contributed by atoms with Gasteiger partial charge in [-0.15, -0.1) is 179 Å². The molecule has 0 nitrogen and oxygen atoms in total. The molecule has 0 heterocycles. The van der Waals surface area contributed by atoms with Gasteiger partial charge in [0.25, 0.3) is 0 Å². The molecule has 0 saturated carbocycles. The molecule has 23 unspecified atom stereocenters. The van der Waals surface area contributed by atoms with E-state index in [4.69, 9.17) is 0 Å². The maximum Gasteiger partial charge on any atom is 0.0855 e. The Morgan fingerprint density at radius 1 is 0.316 bits per heavy atom. The van der Waals surface area contributed by atoms with E-state index in [2.05, 4.69) is 179 Å². The van der Waals surface area contributed by atoms with Gasteiger partial charge < -0.3 is 0 Å². The number of hydrogen-bond donors (Lipinski definition) is 0. The van der Waals surface area contributed by atoms with Crippen molar-refractivity contribution in [3.8, 4) is 0 Å². The van der Waals surface area contributed by atoms with Crippen LogP contribution in [0.3, 0.4) is 0 Å². The van der Waals surface area contributed by atoms with E-state index in [1.165, 1.54) is 0 Å². The zero-order valence-corrected chi connectivity index (χ0v) is 58.1. The molecule has 230 valence electrons. The molecule has 0 aliphatic carbocycles. The standard InChI is InChI=1S/CH41P37/c2-22-36(21)25(31(11)12)1(23(27(3)4)28(5)6,24(29(7)8)30(9)10)26(37(32(13)14)33(15)16)38(34(17)18)35(19)20/h22H,2-21H2. The van der Waals surface area contributed by atoms with E-state index >= 15 is 0 Å². The maximum absolute atomic E-state index is 3.50. The first-order valence-electron chi connectivity index (χ1n) is 8.71. The molecule has 0 fully saturated rings. The van der Waals surface area contributed by atoms with Gasteiger partial charge in [-0.3, -0.25) is 0 Å². The Morgan fingerprint density at radius 2 is 0.553 bits per heavy atom. The summed E-state index contributed by atoms with van der Waals surface area (Å²) in [4.78, 5) is 0. The molecule has 0 radical (unpaired) electrons. The zero-order valence-electron chi connectivity index (χ0n) is 19.7. The van der Waals surface area contributed by atoms with E-state index in [1.807, 2.05) is 0 Å². The predicted octanol–water partition coefficient (Wildman–Crippen LogP) is 20.7. The van der Waals surface area contributed by atoms with Gasteiger partial charge in [-0.05, 0) is 113 Å². The van der Waals surface area contributed by atoms with E-state index in [-0.39, 0.29) is 113 Å². The maximum atomic E-state index is 3.50. The molecule has 0 aromatic carbocycles. The average Bonchev–Trinajstić information content (AvgIpc) is 2.70. The molecule has 0 saturated heterocycles. The van der Waals surface area contributed by atoms with Gasteiger partial charge in [0, 0.05) is 0 Å². The molecule has 0 bridgehead atoms. The highest BCUT2D eigenvalue weighted by atomic mass is 33.3. The van der Waals surface area contributed by atoms with Gasteiger partial charge in [-0.2, -0.15) is 0 Å². The predicted molar refractivity (Wildman–Crippen MR) is 316 cm³/mol. The highest BCUT2D eigenvalue weighted by Gasteiger charge is 2.66. The van der Waals surface area contributed by atoms with Crippen LogP contribution < -0.4 is 0 Å².